The number of fused-ring (bicyclic) bond motifs is 1. The molecule has 4 unspecified atom stereocenters. The van der Waals surface area contributed by atoms with E-state index in [4.69, 9.17) is 0 Å². The highest BCUT2D eigenvalue weighted by Gasteiger charge is 2.49. The quantitative estimate of drug-likeness (QED) is 0.684. The minimum atomic E-state index is 0.00743. The van der Waals surface area contributed by atoms with Crippen LogP contribution in [0.15, 0.2) is 0 Å². The van der Waals surface area contributed by atoms with Crippen LogP contribution in [0.25, 0.3) is 0 Å². The van der Waals surface area contributed by atoms with Gasteiger partial charge in [0.1, 0.15) is 0 Å². The molecule has 4 atom stereocenters. The first-order valence-electron chi connectivity index (χ1n) is 7.30. The number of hydrogen-bond acceptors (Lipinski definition) is 1. The van der Waals surface area contributed by atoms with E-state index in [-0.39, 0.29) is 5.41 Å². The topological polar surface area (TPSA) is 20.3 Å². The summed E-state index contributed by atoms with van der Waals surface area (Å²) in [6.45, 7) is 9.02. The van der Waals surface area contributed by atoms with Crippen molar-refractivity contribution in [3.63, 3.8) is 0 Å². The minimum absolute atomic E-state index is 0.00743. The van der Waals surface area contributed by atoms with E-state index in [9.17, 15) is 4.79 Å². The van der Waals surface area contributed by atoms with E-state index >= 15 is 0 Å². The van der Waals surface area contributed by atoms with Crippen molar-refractivity contribution in [1.29, 1.82) is 0 Å². The minimum Gasteiger partial charge on any atom is -0.342 e. The Morgan fingerprint density at radius 2 is 1.94 bits per heavy atom. The SMILES string of the molecule is CC1CC2CN(C(=O)C3(C)CCC3)CC2C1C. The van der Waals surface area contributed by atoms with Crippen LogP contribution in [0.4, 0.5) is 0 Å². The first kappa shape index (κ1) is 11.6. The second-order valence-corrected chi connectivity index (χ2v) is 7.12. The molecule has 3 aliphatic rings. The molecule has 0 bridgehead atoms. The zero-order valence-corrected chi connectivity index (χ0v) is 11.4. The van der Waals surface area contributed by atoms with Gasteiger partial charge in [0.05, 0.1) is 0 Å². The van der Waals surface area contributed by atoms with Crippen LogP contribution >= 0.6 is 0 Å². The molecule has 1 saturated heterocycles. The number of carbonyl (C=O) groups is 1. The van der Waals surface area contributed by atoms with Crippen LogP contribution in [0.1, 0.15) is 46.5 Å². The van der Waals surface area contributed by atoms with Gasteiger partial charge in [-0.1, -0.05) is 27.2 Å². The van der Waals surface area contributed by atoms with Gasteiger partial charge in [-0.3, -0.25) is 4.79 Å². The Morgan fingerprint density at radius 3 is 2.47 bits per heavy atom. The Hall–Kier alpha value is -0.530. The predicted octanol–water partition coefficient (Wildman–Crippen LogP) is 2.93. The normalized spacial score (nSPS) is 43.4. The summed E-state index contributed by atoms with van der Waals surface area (Å²) in [4.78, 5) is 14.7. The van der Waals surface area contributed by atoms with Crippen molar-refractivity contribution in [2.75, 3.05) is 13.1 Å². The second kappa shape index (κ2) is 3.73. The molecule has 0 aromatic heterocycles. The van der Waals surface area contributed by atoms with Gasteiger partial charge < -0.3 is 4.90 Å². The summed E-state index contributed by atoms with van der Waals surface area (Å²) in [6.07, 6.45) is 4.82. The van der Waals surface area contributed by atoms with Crippen molar-refractivity contribution in [1.82, 2.24) is 4.90 Å². The molecule has 3 rings (SSSR count). The molecule has 17 heavy (non-hydrogen) atoms. The summed E-state index contributed by atoms with van der Waals surface area (Å²) in [5, 5.41) is 0. The van der Waals surface area contributed by atoms with Gasteiger partial charge in [-0.25, -0.2) is 0 Å². The molecule has 1 heterocycles. The smallest absolute Gasteiger partial charge is 0.228 e. The highest BCUT2D eigenvalue weighted by molar-refractivity contribution is 5.83. The Balaban J connectivity index is 1.67. The molecule has 0 spiro atoms. The Labute approximate surface area is 105 Å². The molecule has 1 amide bonds. The summed E-state index contributed by atoms with van der Waals surface area (Å²) in [5.74, 6) is 3.72. The first-order valence-corrected chi connectivity index (χ1v) is 7.30. The summed E-state index contributed by atoms with van der Waals surface area (Å²) < 4.78 is 0. The van der Waals surface area contributed by atoms with Crippen molar-refractivity contribution in [3.8, 4) is 0 Å². The van der Waals surface area contributed by atoms with Crippen molar-refractivity contribution in [3.05, 3.63) is 0 Å². The standard InChI is InChI=1S/C15H25NO/c1-10-7-12-8-16(9-13(12)11(10)2)14(17)15(3)5-4-6-15/h10-13H,4-9H2,1-3H3. The van der Waals surface area contributed by atoms with Crippen molar-refractivity contribution in [2.24, 2.45) is 29.1 Å². The number of likely N-dealkylation sites (tertiary alicyclic amines) is 1. The number of hydrogen-bond donors (Lipinski definition) is 0. The van der Waals surface area contributed by atoms with Gasteiger partial charge in [0, 0.05) is 18.5 Å². The molecule has 0 aromatic rings. The van der Waals surface area contributed by atoms with Crippen molar-refractivity contribution >= 4 is 5.91 Å². The summed E-state index contributed by atoms with van der Waals surface area (Å²) in [7, 11) is 0. The Morgan fingerprint density at radius 1 is 1.24 bits per heavy atom. The highest BCUT2D eigenvalue weighted by atomic mass is 16.2. The fourth-order valence-corrected chi connectivity index (χ4v) is 4.32. The van der Waals surface area contributed by atoms with Gasteiger partial charge in [0.25, 0.3) is 0 Å². The van der Waals surface area contributed by atoms with Gasteiger partial charge in [0.2, 0.25) is 5.91 Å². The number of amides is 1. The van der Waals surface area contributed by atoms with E-state index in [0.717, 1.165) is 49.6 Å². The van der Waals surface area contributed by atoms with E-state index in [2.05, 4.69) is 25.7 Å². The molecule has 2 nitrogen and oxygen atoms in total. The van der Waals surface area contributed by atoms with Crippen LogP contribution in [0.3, 0.4) is 0 Å². The molecule has 2 heteroatoms. The third-order valence-electron chi connectivity index (χ3n) is 6.00. The fraction of sp³-hybridized carbons (Fsp3) is 0.933. The monoisotopic (exact) mass is 235 g/mol. The highest BCUT2D eigenvalue weighted by Crippen LogP contribution is 2.48. The zero-order valence-electron chi connectivity index (χ0n) is 11.4. The van der Waals surface area contributed by atoms with Crippen molar-refractivity contribution < 1.29 is 4.79 Å². The maximum atomic E-state index is 12.5. The molecular weight excluding hydrogens is 210 g/mol. The lowest BCUT2D eigenvalue weighted by molar-refractivity contribution is -0.145. The zero-order chi connectivity index (χ0) is 12.2. The van der Waals surface area contributed by atoms with Gasteiger partial charge in [-0.05, 0) is 42.9 Å². The van der Waals surface area contributed by atoms with E-state index in [1.807, 2.05) is 0 Å². The molecule has 2 saturated carbocycles. The van der Waals surface area contributed by atoms with Crippen molar-refractivity contribution in [2.45, 2.75) is 46.5 Å². The van der Waals surface area contributed by atoms with Crippen LogP contribution in [0.5, 0.6) is 0 Å². The van der Waals surface area contributed by atoms with Crippen LogP contribution in [-0.4, -0.2) is 23.9 Å². The number of rotatable bonds is 1. The van der Waals surface area contributed by atoms with Crippen LogP contribution in [0.2, 0.25) is 0 Å². The van der Waals surface area contributed by atoms with Gasteiger partial charge in [0.15, 0.2) is 0 Å². The molecular formula is C15H25NO. The second-order valence-electron chi connectivity index (χ2n) is 7.12. The molecule has 2 aliphatic carbocycles. The van der Waals surface area contributed by atoms with Crippen LogP contribution < -0.4 is 0 Å². The maximum Gasteiger partial charge on any atom is 0.228 e. The summed E-state index contributed by atoms with van der Waals surface area (Å²) in [6, 6.07) is 0. The molecule has 1 aliphatic heterocycles. The van der Waals surface area contributed by atoms with E-state index < -0.39 is 0 Å². The molecule has 0 radical (unpaired) electrons. The Bertz CT molecular complexity index is 334. The van der Waals surface area contributed by atoms with E-state index in [0.29, 0.717) is 5.91 Å². The largest absolute Gasteiger partial charge is 0.342 e. The third-order valence-corrected chi connectivity index (χ3v) is 6.00. The lowest BCUT2D eigenvalue weighted by atomic mass is 9.69. The lowest BCUT2D eigenvalue weighted by Crippen LogP contribution is -2.45. The average Bonchev–Trinajstić information content (AvgIpc) is 2.76. The third kappa shape index (κ3) is 1.63. The predicted molar refractivity (Wildman–Crippen MR) is 68.5 cm³/mol. The number of carbonyl (C=O) groups excluding carboxylic acids is 1. The van der Waals surface area contributed by atoms with Gasteiger partial charge in [-0.2, -0.15) is 0 Å². The van der Waals surface area contributed by atoms with Crippen LogP contribution in [0, 0.1) is 29.1 Å². The molecule has 0 aromatic carbocycles. The summed E-state index contributed by atoms with van der Waals surface area (Å²) >= 11 is 0. The average molecular weight is 235 g/mol. The van der Waals surface area contributed by atoms with Gasteiger partial charge >= 0.3 is 0 Å². The van der Waals surface area contributed by atoms with Crippen LogP contribution in [-0.2, 0) is 4.79 Å². The number of nitrogens with zero attached hydrogens (tertiary/aromatic N) is 1. The lowest BCUT2D eigenvalue weighted by Gasteiger charge is -2.40. The maximum absolute atomic E-state index is 12.5. The Kier molecular flexibility index (Phi) is 2.53. The van der Waals surface area contributed by atoms with E-state index in [1.54, 1.807) is 0 Å². The van der Waals surface area contributed by atoms with Gasteiger partial charge in [-0.15, -0.1) is 0 Å². The fourth-order valence-electron chi connectivity index (χ4n) is 4.32. The molecule has 0 N–H and O–H groups in total. The van der Waals surface area contributed by atoms with E-state index in [1.165, 1.54) is 12.8 Å². The molecule has 3 fully saturated rings. The summed E-state index contributed by atoms with van der Waals surface area (Å²) in [5.41, 5.74) is 0.00743. The first-order chi connectivity index (χ1) is 8.01. The molecule has 96 valence electrons.